The van der Waals surface area contributed by atoms with E-state index in [-0.39, 0.29) is 11.9 Å². The summed E-state index contributed by atoms with van der Waals surface area (Å²) < 4.78 is 0. The van der Waals surface area contributed by atoms with Crippen molar-refractivity contribution in [2.75, 3.05) is 7.05 Å². The van der Waals surface area contributed by atoms with E-state index in [0.717, 1.165) is 19.4 Å². The van der Waals surface area contributed by atoms with Crippen LogP contribution in [0.15, 0.2) is 24.3 Å². The van der Waals surface area contributed by atoms with Crippen molar-refractivity contribution in [2.24, 2.45) is 0 Å². The average molecular weight is 303 g/mol. The van der Waals surface area contributed by atoms with Crippen LogP contribution < -0.4 is 10.2 Å². The van der Waals surface area contributed by atoms with Crippen LogP contribution in [0.3, 0.4) is 0 Å². The molecule has 0 aliphatic heterocycles. The number of carbonyl (C=O) groups is 1. The Hall–Kier alpha value is -1.35. The van der Waals surface area contributed by atoms with Gasteiger partial charge in [-0.1, -0.05) is 51.0 Å². The van der Waals surface area contributed by atoms with Gasteiger partial charge >= 0.3 is 0 Å². The van der Waals surface area contributed by atoms with Crippen molar-refractivity contribution in [3.05, 3.63) is 35.4 Å². The Labute approximate surface area is 135 Å². The quantitative estimate of drug-likeness (QED) is 0.830. The zero-order chi connectivity index (χ0) is 16.1. The average Bonchev–Trinajstić information content (AvgIpc) is 2.99. The smallest absolute Gasteiger partial charge is 0.278 e. The number of quaternary nitrogens is 1. The second kappa shape index (κ2) is 7.77. The first-order valence-corrected chi connectivity index (χ1v) is 8.69. The lowest BCUT2D eigenvalue weighted by atomic mass is 10.0. The predicted molar refractivity (Wildman–Crippen MR) is 91.0 cm³/mol. The largest absolute Gasteiger partial charge is 0.348 e. The summed E-state index contributed by atoms with van der Waals surface area (Å²) in [5.41, 5.74) is 2.66. The lowest BCUT2D eigenvalue weighted by Gasteiger charge is -2.23. The number of rotatable bonds is 6. The maximum absolute atomic E-state index is 12.3. The minimum atomic E-state index is -0.00891. The molecule has 1 aliphatic rings. The molecule has 1 aromatic carbocycles. The molecule has 1 fully saturated rings. The van der Waals surface area contributed by atoms with E-state index in [1.54, 1.807) is 0 Å². The summed E-state index contributed by atoms with van der Waals surface area (Å²) in [6.45, 7) is 7.34. The molecule has 3 heteroatoms. The normalized spacial score (nSPS) is 18.4. The summed E-state index contributed by atoms with van der Waals surface area (Å²) in [4.78, 5) is 13.6. The molecular formula is C19H31N2O+. The Balaban J connectivity index is 1.86. The molecule has 1 amide bonds. The van der Waals surface area contributed by atoms with Crippen molar-refractivity contribution in [1.29, 1.82) is 0 Å². The zero-order valence-corrected chi connectivity index (χ0v) is 14.5. The maximum atomic E-state index is 12.3. The van der Waals surface area contributed by atoms with E-state index >= 15 is 0 Å². The van der Waals surface area contributed by atoms with Crippen LogP contribution in [0, 0.1) is 0 Å². The summed E-state index contributed by atoms with van der Waals surface area (Å²) >= 11 is 0. The molecule has 0 saturated heterocycles. The van der Waals surface area contributed by atoms with Crippen LogP contribution >= 0.6 is 0 Å². The molecule has 22 heavy (non-hydrogen) atoms. The van der Waals surface area contributed by atoms with Gasteiger partial charge in [-0.25, -0.2) is 0 Å². The minimum absolute atomic E-state index is 0.00891. The third kappa shape index (κ3) is 4.57. The molecule has 1 aliphatic carbocycles. The van der Waals surface area contributed by atoms with Crippen LogP contribution in [0.1, 0.15) is 63.5 Å². The standard InChI is InChI=1S/C19H30N2O/c1-14(2)17-11-9-16(10-12-17)13-21(4)15(3)19(22)20-18-7-5-6-8-18/h9-12,14-15,18H,5-8,13H2,1-4H3,(H,20,22)/p+1/t15-/m0/s1. The van der Waals surface area contributed by atoms with Gasteiger partial charge in [-0.05, 0) is 31.2 Å². The fourth-order valence-corrected chi connectivity index (χ4v) is 3.12. The van der Waals surface area contributed by atoms with Crippen molar-refractivity contribution < 1.29 is 9.69 Å². The number of amides is 1. The number of hydrogen-bond donors (Lipinski definition) is 2. The van der Waals surface area contributed by atoms with Crippen molar-refractivity contribution in [3.8, 4) is 0 Å². The van der Waals surface area contributed by atoms with Gasteiger partial charge in [0.25, 0.3) is 5.91 Å². The van der Waals surface area contributed by atoms with Gasteiger partial charge in [-0.3, -0.25) is 4.79 Å². The first-order chi connectivity index (χ1) is 10.5. The number of carbonyl (C=O) groups excluding carboxylic acids is 1. The number of hydrogen-bond acceptors (Lipinski definition) is 1. The van der Waals surface area contributed by atoms with Crippen molar-refractivity contribution in [3.63, 3.8) is 0 Å². The molecule has 122 valence electrons. The first-order valence-electron chi connectivity index (χ1n) is 8.69. The highest BCUT2D eigenvalue weighted by Crippen LogP contribution is 2.17. The molecule has 1 unspecified atom stereocenters. The highest BCUT2D eigenvalue weighted by molar-refractivity contribution is 5.80. The predicted octanol–water partition coefficient (Wildman–Crippen LogP) is 2.27. The number of benzene rings is 1. The van der Waals surface area contributed by atoms with E-state index in [2.05, 4.69) is 50.5 Å². The highest BCUT2D eigenvalue weighted by Gasteiger charge is 2.25. The van der Waals surface area contributed by atoms with Gasteiger partial charge in [0.05, 0.1) is 7.05 Å². The molecule has 0 bridgehead atoms. The van der Waals surface area contributed by atoms with Crippen LogP contribution in [0.2, 0.25) is 0 Å². The van der Waals surface area contributed by atoms with Gasteiger partial charge in [0.1, 0.15) is 6.54 Å². The molecule has 2 rings (SSSR count). The first kappa shape index (κ1) is 17.0. The van der Waals surface area contributed by atoms with Crippen LogP contribution in [0.4, 0.5) is 0 Å². The van der Waals surface area contributed by atoms with Crippen molar-refractivity contribution in [2.45, 2.75) is 71.0 Å². The van der Waals surface area contributed by atoms with Gasteiger partial charge in [0.2, 0.25) is 0 Å². The monoisotopic (exact) mass is 303 g/mol. The second-order valence-electron chi connectivity index (χ2n) is 7.13. The molecule has 2 N–H and O–H groups in total. The van der Waals surface area contributed by atoms with Crippen LogP contribution in [0.25, 0.3) is 0 Å². The third-order valence-electron chi connectivity index (χ3n) is 4.96. The zero-order valence-electron chi connectivity index (χ0n) is 14.5. The Kier molecular flexibility index (Phi) is 6.01. The molecule has 0 heterocycles. The van der Waals surface area contributed by atoms with Crippen molar-refractivity contribution in [1.82, 2.24) is 5.32 Å². The Morgan fingerprint density at radius 1 is 1.18 bits per heavy atom. The van der Waals surface area contributed by atoms with E-state index in [0.29, 0.717) is 12.0 Å². The Bertz CT molecular complexity index is 475. The van der Waals surface area contributed by atoms with Gasteiger partial charge in [-0.2, -0.15) is 0 Å². The van der Waals surface area contributed by atoms with Gasteiger partial charge in [0, 0.05) is 11.6 Å². The maximum Gasteiger partial charge on any atom is 0.278 e. The van der Waals surface area contributed by atoms with Crippen LogP contribution in [0.5, 0.6) is 0 Å². The molecule has 2 atom stereocenters. The Morgan fingerprint density at radius 2 is 1.77 bits per heavy atom. The summed E-state index contributed by atoms with van der Waals surface area (Å²) in [5.74, 6) is 0.762. The SMILES string of the molecule is CC(C)c1ccc(C[NH+](C)[C@@H](C)C(=O)NC2CCCC2)cc1. The highest BCUT2D eigenvalue weighted by atomic mass is 16.2. The van der Waals surface area contributed by atoms with E-state index in [9.17, 15) is 4.79 Å². The summed E-state index contributed by atoms with van der Waals surface area (Å²) in [7, 11) is 2.11. The van der Waals surface area contributed by atoms with Gasteiger partial charge in [-0.15, -0.1) is 0 Å². The van der Waals surface area contributed by atoms with Gasteiger partial charge in [0.15, 0.2) is 6.04 Å². The summed E-state index contributed by atoms with van der Waals surface area (Å²) in [6, 6.07) is 9.20. The van der Waals surface area contributed by atoms with Gasteiger partial charge < -0.3 is 10.2 Å². The van der Waals surface area contributed by atoms with E-state index in [1.807, 2.05) is 6.92 Å². The molecule has 0 aromatic heterocycles. The fraction of sp³-hybridized carbons (Fsp3) is 0.632. The minimum Gasteiger partial charge on any atom is -0.348 e. The van der Waals surface area contributed by atoms with Crippen LogP contribution in [-0.4, -0.2) is 25.0 Å². The lowest BCUT2D eigenvalue weighted by Crippen LogP contribution is -3.12. The van der Waals surface area contributed by atoms with Crippen molar-refractivity contribution >= 4 is 5.91 Å². The van der Waals surface area contributed by atoms with E-state index in [1.165, 1.54) is 28.9 Å². The fourth-order valence-electron chi connectivity index (χ4n) is 3.12. The molecule has 1 aromatic rings. The number of nitrogens with one attached hydrogen (secondary N) is 2. The summed E-state index contributed by atoms with van der Waals surface area (Å²) in [6.07, 6.45) is 4.80. The second-order valence-corrected chi connectivity index (χ2v) is 7.13. The molecule has 0 spiro atoms. The van der Waals surface area contributed by atoms with E-state index < -0.39 is 0 Å². The van der Waals surface area contributed by atoms with E-state index in [4.69, 9.17) is 0 Å². The Morgan fingerprint density at radius 3 is 2.32 bits per heavy atom. The lowest BCUT2D eigenvalue weighted by molar-refractivity contribution is -0.908. The molecule has 3 nitrogen and oxygen atoms in total. The number of likely N-dealkylation sites (N-methyl/N-ethyl adjacent to an activating group) is 1. The molecule has 1 saturated carbocycles. The molecule has 0 radical (unpaired) electrons. The third-order valence-corrected chi connectivity index (χ3v) is 4.96. The molecular weight excluding hydrogens is 272 g/mol. The summed E-state index contributed by atoms with van der Waals surface area (Å²) in [5, 5.41) is 3.21. The van der Waals surface area contributed by atoms with Crippen LogP contribution in [-0.2, 0) is 11.3 Å². The topological polar surface area (TPSA) is 33.5 Å².